The molecule has 2 aliphatic rings. The number of amidine groups is 1. The van der Waals surface area contributed by atoms with Gasteiger partial charge in [0.05, 0.1) is 16.7 Å². The molecule has 0 atom stereocenters. The van der Waals surface area contributed by atoms with Crippen molar-refractivity contribution in [3.8, 4) is 33.4 Å². The zero-order valence-electron chi connectivity index (χ0n) is 34.9. The van der Waals surface area contributed by atoms with Crippen LogP contribution in [0.25, 0.3) is 66.6 Å². The Kier molecular flexibility index (Phi) is 10.7. The molecule has 2 aliphatic carbocycles. The number of nitrogens with zero attached hydrogens (tertiary/aromatic N) is 3. The van der Waals surface area contributed by atoms with Crippen LogP contribution in [0.4, 0.5) is 0 Å². The van der Waals surface area contributed by atoms with Gasteiger partial charge in [0.2, 0.25) is 0 Å². The van der Waals surface area contributed by atoms with Crippen molar-refractivity contribution in [3.05, 3.63) is 216 Å². The maximum absolute atomic E-state index is 4.98. The average Bonchev–Trinajstić information content (AvgIpc) is 3.84. The topological polar surface area (TPSA) is 29.6 Å². The van der Waals surface area contributed by atoms with Crippen molar-refractivity contribution in [1.29, 1.82) is 0 Å². The minimum absolute atomic E-state index is 0.682. The highest BCUT2D eigenvalue weighted by atomic mass is 15.0. The van der Waals surface area contributed by atoms with Crippen molar-refractivity contribution in [2.75, 3.05) is 0 Å². The van der Waals surface area contributed by atoms with Crippen LogP contribution in [0.3, 0.4) is 0 Å². The summed E-state index contributed by atoms with van der Waals surface area (Å²) >= 11 is 0. The number of fused-ring (bicyclic) bond motifs is 6. The van der Waals surface area contributed by atoms with Crippen LogP contribution in [0, 0.1) is 13.8 Å². The van der Waals surface area contributed by atoms with Crippen LogP contribution in [0.5, 0.6) is 0 Å². The maximum Gasteiger partial charge on any atom is 0.159 e. The number of para-hydroxylation sites is 1. The summed E-state index contributed by atoms with van der Waals surface area (Å²) in [5.41, 5.74) is 20.5. The Morgan fingerprint density at radius 2 is 1.32 bits per heavy atom. The first kappa shape index (κ1) is 38.4. The zero-order valence-corrected chi connectivity index (χ0v) is 34.9. The van der Waals surface area contributed by atoms with Gasteiger partial charge in [0.1, 0.15) is 0 Å². The number of allylic oxidation sites excluding steroid dienone is 4. The van der Waals surface area contributed by atoms with Crippen molar-refractivity contribution in [1.82, 2.24) is 4.57 Å². The molecule has 10 rings (SSSR count). The van der Waals surface area contributed by atoms with Crippen LogP contribution >= 0.6 is 0 Å². The molecule has 3 heteroatoms. The van der Waals surface area contributed by atoms with Crippen molar-refractivity contribution in [2.24, 2.45) is 9.98 Å². The molecule has 0 N–H and O–H groups in total. The molecule has 8 aromatic rings. The third-order valence-electron chi connectivity index (χ3n) is 11.7. The van der Waals surface area contributed by atoms with Crippen LogP contribution in [0.1, 0.15) is 60.1 Å². The minimum Gasteiger partial charge on any atom is -0.310 e. The molecule has 0 bridgehead atoms. The second kappa shape index (κ2) is 16.6. The van der Waals surface area contributed by atoms with Crippen molar-refractivity contribution in [3.63, 3.8) is 0 Å². The number of benzene rings is 7. The normalized spacial score (nSPS) is 13.0. The summed E-state index contributed by atoms with van der Waals surface area (Å²) in [6, 6.07) is 55.9. The first-order chi connectivity index (χ1) is 29.4. The zero-order chi connectivity index (χ0) is 41.2. The lowest BCUT2D eigenvalue weighted by molar-refractivity contribution is 1.02. The lowest BCUT2D eigenvalue weighted by atomic mass is 9.94. The van der Waals surface area contributed by atoms with Crippen LogP contribution in [0.2, 0.25) is 0 Å². The van der Waals surface area contributed by atoms with Gasteiger partial charge >= 0.3 is 0 Å². The first-order valence-corrected chi connectivity index (χ1v) is 21.0. The predicted octanol–water partition coefficient (Wildman–Crippen LogP) is 15.1. The number of hydrogen-bond acceptors (Lipinski definition) is 1. The van der Waals surface area contributed by atoms with Gasteiger partial charge in [-0.2, -0.15) is 0 Å². The molecule has 0 saturated heterocycles. The first-order valence-electron chi connectivity index (χ1n) is 21.0. The Hall–Kier alpha value is -7.10. The van der Waals surface area contributed by atoms with Gasteiger partial charge in [0, 0.05) is 33.3 Å². The molecule has 0 aliphatic heterocycles. The highest BCUT2D eigenvalue weighted by Gasteiger charge is 2.22. The lowest BCUT2D eigenvalue weighted by Gasteiger charge is -2.14. The number of aromatic nitrogens is 1. The molecular formula is C57H49N3. The largest absolute Gasteiger partial charge is 0.310 e. The van der Waals surface area contributed by atoms with Gasteiger partial charge in [-0.3, -0.25) is 0 Å². The van der Waals surface area contributed by atoms with Crippen molar-refractivity contribution in [2.45, 2.75) is 47.0 Å². The van der Waals surface area contributed by atoms with Gasteiger partial charge in [-0.05, 0) is 127 Å². The molecule has 0 unspecified atom stereocenters. The summed E-state index contributed by atoms with van der Waals surface area (Å²) in [5.74, 6) is 0.682. The summed E-state index contributed by atoms with van der Waals surface area (Å²) in [4.78, 5) is 9.77. The molecule has 3 nitrogen and oxygen atoms in total. The summed E-state index contributed by atoms with van der Waals surface area (Å²) in [7, 11) is 0. The summed E-state index contributed by atoms with van der Waals surface area (Å²) < 4.78 is 2.43. The van der Waals surface area contributed by atoms with E-state index in [9.17, 15) is 0 Å². The van der Waals surface area contributed by atoms with Crippen LogP contribution in [-0.2, 0) is 6.42 Å². The van der Waals surface area contributed by atoms with Crippen molar-refractivity contribution < 1.29 is 0 Å². The highest BCUT2D eigenvalue weighted by molar-refractivity contribution is 6.13. The van der Waals surface area contributed by atoms with Gasteiger partial charge in [-0.25, -0.2) is 9.98 Å². The van der Waals surface area contributed by atoms with Gasteiger partial charge < -0.3 is 4.57 Å². The fourth-order valence-electron chi connectivity index (χ4n) is 8.90. The molecule has 292 valence electrons. The molecule has 0 amide bonds. The Bertz CT molecular complexity index is 3050. The number of aliphatic imine (C=N–C) groups is 2. The second-order valence-electron chi connectivity index (χ2n) is 16.0. The Balaban J connectivity index is 0.000000157. The number of hydrogen-bond donors (Lipinski definition) is 0. The van der Waals surface area contributed by atoms with E-state index in [1.54, 1.807) is 0 Å². The van der Waals surface area contributed by atoms with Crippen LogP contribution in [-0.4, -0.2) is 16.1 Å². The van der Waals surface area contributed by atoms with E-state index in [2.05, 4.69) is 195 Å². The molecule has 0 fully saturated rings. The number of aryl methyl sites for hydroxylation is 2. The van der Waals surface area contributed by atoms with E-state index in [1.807, 2.05) is 19.9 Å². The SMILES string of the molecule is C=C(N=C(N=C(C)C)c1cccc(-c2ccccc2)c1)c1cccc2c1-c1ccccc1C2.Cc1ccccc1-c1ccc2c(c1C)c1ccccc1n2C1=CCCC=C1. The van der Waals surface area contributed by atoms with E-state index >= 15 is 0 Å². The van der Waals surface area contributed by atoms with Gasteiger partial charge in [0.15, 0.2) is 5.84 Å². The lowest BCUT2D eigenvalue weighted by Crippen LogP contribution is -2.02. The van der Waals surface area contributed by atoms with Gasteiger partial charge in [-0.15, -0.1) is 0 Å². The molecule has 0 spiro atoms. The third kappa shape index (κ3) is 7.40. The molecular weight excluding hydrogens is 727 g/mol. The average molecular weight is 776 g/mol. The van der Waals surface area contributed by atoms with Gasteiger partial charge in [0.25, 0.3) is 0 Å². The van der Waals surface area contributed by atoms with E-state index in [0.717, 1.165) is 47.4 Å². The Labute approximate surface area is 354 Å². The summed E-state index contributed by atoms with van der Waals surface area (Å²) in [6.45, 7) is 12.8. The monoisotopic (exact) mass is 775 g/mol. The molecule has 0 radical (unpaired) electrons. The quantitative estimate of drug-likeness (QED) is 0.119. The van der Waals surface area contributed by atoms with Crippen LogP contribution < -0.4 is 0 Å². The smallest absolute Gasteiger partial charge is 0.159 e. The van der Waals surface area contributed by atoms with E-state index in [4.69, 9.17) is 9.98 Å². The molecule has 60 heavy (non-hydrogen) atoms. The van der Waals surface area contributed by atoms with E-state index in [0.29, 0.717) is 5.84 Å². The minimum atomic E-state index is 0.682. The fraction of sp³-hybridized carbons (Fsp3) is 0.123. The predicted molar refractivity (Wildman–Crippen MR) is 258 cm³/mol. The van der Waals surface area contributed by atoms with Crippen molar-refractivity contribution >= 4 is 44.7 Å². The Morgan fingerprint density at radius 3 is 2.12 bits per heavy atom. The fourth-order valence-corrected chi connectivity index (χ4v) is 8.90. The maximum atomic E-state index is 4.98. The standard InChI is InChI=1S/C31H26N2.C26H23N/c1-21(2)32-31(27-16-9-14-24(19-27)23-11-5-4-6-12-23)33-22(3)28-18-10-15-26-20-25-13-7-8-17-29(25)30(26)28;1-18-10-6-7-13-21(18)22-16-17-25-26(19(22)2)23-14-8-9-15-24(23)27(25)20-11-4-3-5-12-20/h4-19H,3,20H2,1-2H3;4,6-17H,3,5H2,1-2H3. The molecule has 7 aromatic carbocycles. The van der Waals surface area contributed by atoms with E-state index in [1.165, 1.54) is 77.6 Å². The summed E-state index contributed by atoms with van der Waals surface area (Å²) in [5, 5.41) is 2.70. The van der Waals surface area contributed by atoms with E-state index in [-0.39, 0.29) is 0 Å². The molecule has 1 aromatic heterocycles. The second-order valence-corrected chi connectivity index (χ2v) is 16.0. The molecule has 1 heterocycles. The molecule has 0 saturated carbocycles. The van der Waals surface area contributed by atoms with E-state index < -0.39 is 0 Å². The van der Waals surface area contributed by atoms with Gasteiger partial charge in [-0.1, -0.05) is 158 Å². The van der Waals surface area contributed by atoms with Crippen LogP contribution in [0.15, 0.2) is 193 Å². The Morgan fingerprint density at radius 1 is 0.600 bits per heavy atom. The highest BCUT2D eigenvalue weighted by Crippen LogP contribution is 2.42. The summed E-state index contributed by atoms with van der Waals surface area (Å²) in [6.07, 6.45) is 10.1. The third-order valence-corrected chi connectivity index (χ3v) is 11.7. The number of rotatable bonds is 6.